The van der Waals surface area contributed by atoms with Gasteiger partial charge in [0.1, 0.15) is 11.8 Å². The predicted molar refractivity (Wildman–Crippen MR) is 75.7 cm³/mol. The van der Waals surface area contributed by atoms with Gasteiger partial charge in [0.05, 0.1) is 17.5 Å². The first kappa shape index (κ1) is 14.4. The average Bonchev–Trinajstić information content (AvgIpc) is 2.81. The molecule has 2 amide bonds. The maximum Gasteiger partial charge on any atom is 0.337 e. The molecule has 0 saturated heterocycles. The summed E-state index contributed by atoms with van der Waals surface area (Å²) >= 11 is 0. The third-order valence-corrected chi connectivity index (χ3v) is 3.24. The van der Waals surface area contributed by atoms with Crippen molar-refractivity contribution in [1.29, 1.82) is 5.26 Å². The fourth-order valence-electron chi connectivity index (χ4n) is 2.15. The number of amides is 2. The molecule has 23 heavy (non-hydrogen) atoms. The van der Waals surface area contributed by atoms with Crippen LogP contribution in [0.15, 0.2) is 42.6 Å². The molecule has 1 aromatic heterocycles. The zero-order valence-corrected chi connectivity index (χ0v) is 11.7. The summed E-state index contributed by atoms with van der Waals surface area (Å²) < 4.78 is 0. The van der Waals surface area contributed by atoms with Gasteiger partial charge in [-0.05, 0) is 23.8 Å². The Morgan fingerprint density at radius 3 is 2.30 bits per heavy atom. The highest BCUT2D eigenvalue weighted by Crippen LogP contribution is 2.22. The molecular weight excluding hydrogens is 298 g/mol. The second-order valence-corrected chi connectivity index (χ2v) is 4.75. The first-order valence-corrected chi connectivity index (χ1v) is 6.64. The predicted octanol–water partition coefficient (Wildman–Crippen LogP) is 1.25. The van der Waals surface area contributed by atoms with E-state index in [1.807, 2.05) is 6.07 Å². The van der Waals surface area contributed by atoms with Gasteiger partial charge in [-0.15, -0.1) is 0 Å². The zero-order chi connectivity index (χ0) is 16.4. The lowest BCUT2D eigenvalue weighted by Crippen LogP contribution is -2.33. The van der Waals surface area contributed by atoms with Crippen LogP contribution in [0.3, 0.4) is 0 Å². The van der Waals surface area contributed by atoms with Gasteiger partial charge in [0.2, 0.25) is 0 Å². The Morgan fingerprint density at radius 2 is 1.78 bits per heavy atom. The monoisotopic (exact) mass is 307 g/mol. The number of rotatable bonds is 3. The molecule has 1 aliphatic rings. The van der Waals surface area contributed by atoms with Crippen molar-refractivity contribution in [3.8, 4) is 6.07 Å². The molecule has 0 spiro atoms. The Kier molecular flexibility index (Phi) is 3.57. The van der Waals surface area contributed by atoms with Crippen molar-refractivity contribution in [3.63, 3.8) is 0 Å². The summed E-state index contributed by atoms with van der Waals surface area (Å²) in [5.74, 6) is -2.11. The topological polar surface area (TPSA) is 100 Å². The van der Waals surface area contributed by atoms with Crippen LogP contribution in [-0.4, -0.2) is 27.8 Å². The van der Waals surface area contributed by atoms with Crippen LogP contribution in [0.4, 0.5) is 0 Å². The summed E-state index contributed by atoms with van der Waals surface area (Å²) in [5, 5.41) is 9.12. The second kappa shape index (κ2) is 5.69. The third-order valence-electron chi connectivity index (χ3n) is 3.24. The Morgan fingerprint density at radius 1 is 1.13 bits per heavy atom. The Labute approximate surface area is 130 Å². The molecule has 7 heteroatoms. The molecule has 0 atom stereocenters. The number of carbonyl (C=O) groups excluding carboxylic acids is 3. The lowest BCUT2D eigenvalue weighted by Gasteiger charge is -2.12. The van der Waals surface area contributed by atoms with E-state index in [0.717, 1.165) is 0 Å². The minimum Gasteiger partial charge on any atom is -0.329 e. The van der Waals surface area contributed by atoms with Crippen LogP contribution in [0.1, 0.15) is 32.0 Å². The maximum atomic E-state index is 12.1. The number of imide groups is 1. The van der Waals surface area contributed by atoms with Crippen molar-refractivity contribution < 1.29 is 19.2 Å². The number of hydrogen-bond donors (Lipinski definition) is 0. The summed E-state index contributed by atoms with van der Waals surface area (Å²) in [7, 11) is 0. The van der Waals surface area contributed by atoms with Gasteiger partial charge in [-0.1, -0.05) is 23.3 Å². The molecule has 3 rings (SSSR count). The molecule has 7 nitrogen and oxygen atoms in total. The lowest BCUT2D eigenvalue weighted by molar-refractivity contribution is -0.167. The van der Waals surface area contributed by atoms with Gasteiger partial charge in [-0.25, -0.2) is 9.78 Å². The fraction of sp³-hybridized carbons (Fsp3) is 0.0625. The molecule has 0 bridgehead atoms. The van der Waals surface area contributed by atoms with Crippen molar-refractivity contribution in [2.45, 2.75) is 6.42 Å². The van der Waals surface area contributed by atoms with E-state index in [2.05, 4.69) is 4.98 Å². The maximum absolute atomic E-state index is 12.1. The third kappa shape index (κ3) is 2.65. The van der Waals surface area contributed by atoms with Crippen molar-refractivity contribution in [2.75, 3.05) is 0 Å². The molecule has 0 unspecified atom stereocenters. The van der Waals surface area contributed by atoms with Gasteiger partial charge in [0.25, 0.3) is 11.8 Å². The number of hydrogen-bond acceptors (Lipinski definition) is 6. The van der Waals surface area contributed by atoms with Gasteiger partial charge >= 0.3 is 5.97 Å². The number of nitriles is 1. The molecule has 112 valence electrons. The van der Waals surface area contributed by atoms with E-state index >= 15 is 0 Å². The van der Waals surface area contributed by atoms with Gasteiger partial charge in [0, 0.05) is 6.20 Å². The normalized spacial score (nSPS) is 12.7. The summed E-state index contributed by atoms with van der Waals surface area (Å²) in [6.07, 6.45) is 1.19. The number of fused-ring (bicyclic) bond motifs is 1. The van der Waals surface area contributed by atoms with Gasteiger partial charge in [-0.3, -0.25) is 9.59 Å². The van der Waals surface area contributed by atoms with E-state index in [9.17, 15) is 14.4 Å². The number of hydroxylamine groups is 2. The fourth-order valence-corrected chi connectivity index (χ4v) is 2.15. The van der Waals surface area contributed by atoms with Crippen LogP contribution in [0.5, 0.6) is 0 Å². The highest BCUT2D eigenvalue weighted by Gasteiger charge is 2.38. The largest absolute Gasteiger partial charge is 0.337 e. The molecular formula is C16H9N3O4. The van der Waals surface area contributed by atoms with Gasteiger partial charge < -0.3 is 4.84 Å². The van der Waals surface area contributed by atoms with Crippen LogP contribution in [0, 0.1) is 11.3 Å². The lowest BCUT2D eigenvalue weighted by atomic mass is 10.1. The van der Waals surface area contributed by atoms with E-state index in [-0.39, 0.29) is 23.2 Å². The van der Waals surface area contributed by atoms with Crippen LogP contribution in [0.25, 0.3) is 0 Å². The number of benzene rings is 1. The molecule has 0 fully saturated rings. The average molecular weight is 307 g/mol. The number of pyridine rings is 1. The van der Waals surface area contributed by atoms with E-state index < -0.39 is 17.8 Å². The summed E-state index contributed by atoms with van der Waals surface area (Å²) in [6, 6.07) is 11.1. The van der Waals surface area contributed by atoms with Crippen molar-refractivity contribution in [1.82, 2.24) is 10.0 Å². The van der Waals surface area contributed by atoms with E-state index in [4.69, 9.17) is 10.1 Å². The van der Waals surface area contributed by atoms with Crippen LogP contribution >= 0.6 is 0 Å². The van der Waals surface area contributed by atoms with E-state index in [1.54, 1.807) is 18.2 Å². The quantitative estimate of drug-likeness (QED) is 0.791. The molecule has 0 N–H and O–H groups in total. The highest BCUT2D eigenvalue weighted by molar-refractivity contribution is 6.20. The van der Waals surface area contributed by atoms with Crippen LogP contribution < -0.4 is 0 Å². The molecule has 2 aromatic rings. The SMILES string of the molecule is N#Cc1ccc(CC(=O)ON2C(=O)c3ccccc3C2=O)cn1. The summed E-state index contributed by atoms with van der Waals surface area (Å²) in [5.41, 5.74) is 1.13. The van der Waals surface area contributed by atoms with Crippen LogP contribution in [-0.2, 0) is 16.1 Å². The summed E-state index contributed by atoms with van der Waals surface area (Å²) in [6.45, 7) is 0. The molecule has 1 aliphatic heterocycles. The first-order valence-electron chi connectivity index (χ1n) is 6.64. The number of nitrogens with zero attached hydrogens (tertiary/aromatic N) is 3. The molecule has 0 saturated carbocycles. The van der Waals surface area contributed by atoms with Crippen molar-refractivity contribution in [3.05, 3.63) is 65.0 Å². The van der Waals surface area contributed by atoms with Crippen molar-refractivity contribution in [2.24, 2.45) is 0 Å². The second-order valence-electron chi connectivity index (χ2n) is 4.75. The Balaban J connectivity index is 1.70. The number of aromatic nitrogens is 1. The van der Waals surface area contributed by atoms with E-state index in [1.165, 1.54) is 24.4 Å². The number of carbonyl (C=O) groups is 3. The van der Waals surface area contributed by atoms with Gasteiger partial charge in [0.15, 0.2) is 0 Å². The molecule has 0 radical (unpaired) electrons. The Hall–Kier alpha value is -3.53. The highest BCUT2D eigenvalue weighted by atomic mass is 16.7. The van der Waals surface area contributed by atoms with Gasteiger partial charge in [-0.2, -0.15) is 5.26 Å². The first-order chi connectivity index (χ1) is 11.1. The Bertz CT molecular complexity index is 817. The van der Waals surface area contributed by atoms with Crippen molar-refractivity contribution >= 4 is 17.8 Å². The smallest absolute Gasteiger partial charge is 0.329 e. The molecule has 1 aromatic carbocycles. The minimum atomic E-state index is -0.772. The van der Waals surface area contributed by atoms with E-state index in [0.29, 0.717) is 10.6 Å². The minimum absolute atomic E-state index is 0.174. The molecule has 0 aliphatic carbocycles. The standard InChI is InChI=1S/C16H9N3O4/c17-8-11-6-5-10(9-18-11)7-14(20)23-19-15(21)12-3-1-2-4-13(12)16(19)22/h1-6,9H,7H2. The molecule has 2 heterocycles. The zero-order valence-electron chi connectivity index (χ0n) is 11.7. The van der Waals surface area contributed by atoms with Crippen LogP contribution in [0.2, 0.25) is 0 Å². The summed E-state index contributed by atoms with van der Waals surface area (Å²) in [4.78, 5) is 44.7.